The van der Waals surface area contributed by atoms with Crippen LogP contribution in [0.2, 0.25) is 0 Å². The molecule has 0 saturated heterocycles. The highest BCUT2D eigenvalue weighted by molar-refractivity contribution is 7.98. The summed E-state index contributed by atoms with van der Waals surface area (Å²) in [6.45, 7) is 1.43. The molecule has 4 atom stereocenters. The number of nitrogens with two attached hydrogens (primary N) is 1. The number of carbonyl (C=O) groups excluding carboxylic acids is 3. The summed E-state index contributed by atoms with van der Waals surface area (Å²) in [5.74, 6) is -3.68. The van der Waals surface area contributed by atoms with E-state index in [0.29, 0.717) is 17.9 Å². The van der Waals surface area contributed by atoms with E-state index in [4.69, 9.17) is 15.9 Å². The largest absolute Gasteiger partial charge is 0.481 e. The molecule has 30 heavy (non-hydrogen) atoms. The van der Waals surface area contributed by atoms with Gasteiger partial charge in [-0.15, -0.1) is 0 Å². The summed E-state index contributed by atoms with van der Waals surface area (Å²) in [5, 5.41) is 25.0. The van der Waals surface area contributed by atoms with Crippen molar-refractivity contribution < 1.29 is 34.2 Å². The van der Waals surface area contributed by atoms with Gasteiger partial charge in [-0.3, -0.25) is 19.2 Å². The first-order valence-corrected chi connectivity index (χ1v) is 11.9. The lowest BCUT2D eigenvalue weighted by Gasteiger charge is -2.23. The second kappa shape index (κ2) is 14.9. The number of carbonyl (C=O) groups is 5. The molecule has 0 spiro atoms. The van der Waals surface area contributed by atoms with Crippen LogP contribution in [0, 0.1) is 0 Å². The van der Waals surface area contributed by atoms with E-state index in [1.165, 1.54) is 30.4 Å². The molecule has 0 aromatic heterocycles. The van der Waals surface area contributed by atoms with Crippen molar-refractivity contribution in [1.29, 1.82) is 0 Å². The average molecular weight is 467 g/mol. The Morgan fingerprint density at radius 1 is 0.833 bits per heavy atom. The molecule has 0 aliphatic heterocycles. The quantitative estimate of drug-likeness (QED) is 0.172. The Morgan fingerprint density at radius 2 is 1.37 bits per heavy atom. The third kappa shape index (κ3) is 11.3. The predicted octanol–water partition coefficient (Wildman–Crippen LogP) is -1.15. The van der Waals surface area contributed by atoms with Crippen LogP contribution in [0.3, 0.4) is 0 Å². The molecule has 0 saturated carbocycles. The van der Waals surface area contributed by atoms with Gasteiger partial charge < -0.3 is 31.9 Å². The third-order valence-electron chi connectivity index (χ3n) is 3.96. The van der Waals surface area contributed by atoms with Gasteiger partial charge in [-0.1, -0.05) is 0 Å². The van der Waals surface area contributed by atoms with Gasteiger partial charge in [0.1, 0.15) is 18.1 Å². The molecule has 0 aliphatic rings. The maximum absolute atomic E-state index is 12.5. The van der Waals surface area contributed by atoms with Crippen LogP contribution < -0.4 is 21.7 Å². The highest BCUT2D eigenvalue weighted by Gasteiger charge is 2.29. The lowest BCUT2D eigenvalue weighted by atomic mass is 10.1. The van der Waals surface area contributed by atoms with Crippen LogP contribution in [-0.4, -0.2) is 88.1 Å². The number of aliphatic carboxylic acids is 2. The van der Waals surface area contributed by atoms with Crippen LogP contribution in [0.5, 0.6) is 0 Å². The zero-order valence-corrected chi connectivity index (χ0v) is 18.8. The monoisotopic (exact) mass is 466 g/mol. The fourth-order valence-corrected chi connectivity index (χ4v) is 3.17. The molecule has 0 radical (unpaired) electrons. The SMILES string of the molecule is CSCCC(N)C(=O)NC(C)C(=O)NC(CCSC)C(=O)NC(CC(=O)O)C(=O)O. The molecule has 13 heteroatoms. The number of hydrogen-bond acceptors (Lipinski definition) is 8. The summed E-state index contributed by atoms with van der Waals surface area (Å²) in [5.41, 5.74) is 5.76. The van der Waals surface area contributed by atoms with E-state index in [2.05, 4.69) is 16.0 Å². The summed E-state index contributed by atoms with van der Waals surface area (Å²) in [4.78, 5) is 58.9. The molecular weight excluding hydrogens is 436 g/mol. The maximum atomic E-state index is 12.5. The lowest BCUT2D eigenvalue weighted by Crippen LogP contribution is -2.56. The molecule has 0 aromatic carbocycles. The van der Waals surface area contributed by atoms with Crippen molar-refractivity contribution in [3.8, 4) is 0 Å². The van der Waals surface area contributed by atoms with E-state index >= 15 is 0 Å². The van der Waals surface area contributed by atoms with Gasteiger partial charge in [0, 0.05) is 0 Å². The zero-order valence-electron chi connectivity index (χ0n) is 17.2. The van der Waals surface area contributed by atoms with E-state index in [1.54, 1.807) is 6.26 Å². The van der Waals surface area contributed by atoms with Crippen molar-refractivity contribution in [1.82, 2.24) is 16.0 Å². The van der Waals surface area contributed by atoms with Crippen LogP contribution in [0.25, 0.3) is 0 Å². The highest BCUT2D eigenvalue weighted by atomic mass is 32.2. The summed E-state index contributed by atoms with van der Waals surface area (Å²) in [7, 11) is 0. The molecule has 0 heterocycles. The zero-order chi connectivity index (χ0) is 23.3. The minimum atomic E-state index is -1.63. The van der Waals surface area contributed by atoms with Gasteiger partial charge in [0.05, 0.1) is 12.5 Å². The first-order chi connectivity index (χ1) is 14.0. The summed E-state index contributed by atoms with van der Waals surface area (Å²) >= 11 is 2.95. The van der Waals surface area contributed by atoms with Crippen LogP contribution >= 0.6 is 23.5 Å². The van der Waals surface area contributed by atoms with Gasteiger partial charge in [0.15, 0.2) is 0 Å². The standard InChI is InChI=1S/C17H30N4O7S2/c1-9(19-15(25)10(18)4-6-29-2)14(24)20-11(5-7-30-3)16(26)21-12(17(27)28)8-13(22)23/h9-12H,4-8,18H2,1-3H3,(H,19,25)(H,20,24)(H,21,26)(H,22,23)(H,27,28). The molecule has 0 aliphatic carbocycles. The first kappa shape index (κ1) is 28.0. The topological polar surface area (TPSA) is 188 Å². The van der Waals surface area contributed by atoms with Gasteiger partial charge >= 0.3 is 11.9 Å². The Morgan fingerprint density at radius 3 is 1.87 bits per heavy atom. The average Bonchev–Trinajstić information content (AvgIpc) is 2.67. The van der Waals surface area contributed by atoms with Crippen molar-refractivity contribution in [3.05, 3.63) is 0 Å². The van der Waals surface area contributed by atoms with E-state index < -0.39 is 60.2 Å². The normalized spacial score (nSPS) is 14.7. The summed E-state index contributed by atoms with van der Waals surface area (Å²) in [6, 6.07) is -4.47. The van der Waals surface area contributed by atoms with Crippen molar-refractivity contribution in [2.24, 2.45) is 5.73 Å². The van der Waals surface area contributed by atoms with Crippen LogP contribution in [0.1, 0.15) is 26.2 Å². The minimum Gasteiger partial charge on any atom is -0.481 e. The molecule has 0 rings (SSSR count). The molecule has 0 fully saturated rings. The lowest BCUT2D eigenvalue weighted by molar-refractivity contribution is -0.147. The van der Waals surface area contributed by atoms with Crippen molar-refractivity contribution in [2.45, 2.75) is 50.4 Å². The van der Waals surface area contributed by atoms with Gasteiger partial charge in [-0.2, -0.15) is 23.5 Å². The number of carboxylic acids is 2. The van der Waals surface area contributed by atoms with Gasteiger partial charge in [0.25, 0.3) is 0 Å². The van der Waals surface area contributed by atoms with Crippen LogP contribution in [0.4, 0.5) is 0 Å². The Bertz CT molecular complexity index is 621. The Labute approximate surface area is 183 Å². The molecule has 172 valence electrons. The highest BCUT2D eigenvalue weighted by Crippen LogP contribution is 2.04. The van der Waals surface area contributed by atoms with E-state index in [0.717, 1.165) is 0 Å². The summed E-state index contributed by atoms with van der Waals surface area (Å²) in [6.07, 6.45) is 3.50. The number of amides is 3. The number of hydrogen-bond donors (Lipinski definition) is 6. The third-order valence-corrected chi connectivity index (χ3v) is 5.25. The molecule has 0 bridgehead atoms. The van der Waals surface area contributed by atoms with Gasteiger partial charge in [0.2, 0.25) is 17.7 Å². The first-order valence-electron chi connectivity index (χ1n) is 9.12. The number of nitrogens with one attached hydrogen (secondary N) is 3. The van der Waals surface area contributed by atoms with Gasteiger partial charge in [-0.05, 0) is 43.8 Å². The number of thioether (sulfide) groups is 2. The second-order valence-electron chi connectivity index (χ2n) is 6.46. The van der Waals surface area contributed by atoms with Crippen molar-refractivity contribution >= 4 is 53.2 Å². The van der Waals surface area contributed by atoms with Crippen LogP contribution in [0.15, 0.2) is 0 Å². The fourth-order valence-electron chi connectivity index (χ4n) is 2.21. The molecule has 11 nitrogen and oxygen atoms in total. The smallest absolute Gasteiger partial charge is 0.326 e. The molecule has 3 amide bonds. The summed E-state index contributed by atoms with van der Waals surface area (Å²) < 4.78 is 0. The Balaban J connectivity index is 5.02. The Hall–Kier alpha value is -1.99. The van der Waals surface area contributed by atoms with Gasteiger partial charge in [-0.25, -0.2) is 4.79 Å². The van der Waals surface area contributed by atoms with E-state index in [9.17, 15) is 24.0 Å². The second-order valence-corrected chi connectivity index (χ2v) is 8.43. The van der Waals surface area contributed by atoms with Crippen molar-refractivity contribution in [2.75, 3.05) is 24.0 Å². The minimum absolute atomic E-state index is 0.187. The van der Waals surface area contributed by atoms with E-state index in [1.807, 2.05) is 6.26 Å². The fraction of sp³-hybridized carbons (Fsp3) is 0.706. The number of carboxylic acid groups (broad SMARTS) is 2. The molecule has 0 aromatic rings. The van der Waals surface area contributed by atoms with Crippen molar-refractivity contribution in [3.63, 3.8) is 0 Å². The molecule has 4 unspecified atom stereocenters. The predicted molar refractivity (Wildman–Crippen MR) is 115 cm³/mol. The molecular formula is C17H30N4O7S2. The Kier molecular flexibility index (Phi) is 13.9. The number of rotatable bonds is 15. The maximum Gasteiger partial charge on any atom is 0.326 e. The van der Waals surface area contributed by atoms with E-state index in [-0.39, 0.29) is 6.42 Å². The van der Waals surface area contributed by atoms with Crippen LogP contribution in [-0.2, 0) is 24.0 Å². The molecule has 7 N–H and O–H groups in total.